The van der Waals surface area contributed by atoms with E-state index >= 15 is 0 Å². The summed E-state index contributed by atoms with van der Waals surface area (Å²) in [5, 5.41) is 0. The van der Waals surface area contributed by atoms with Gasteiger partial charge in [0.1, 0.15) is 18.3 Å². The van der Waals surface area contributed by atoms with E-state index in [0.717, 1.165) is 16.7 Å². The number of esters is 3. The maximum atomic E-state index is 13.2. The van der Waals surface area contributed by atoms with Crippen molar-refractivity contribution in [2.75, 3.05) is 0 Å². The van der Waals surface area contributed by atoms with Crippen LogP contribution in [0.3, 0.4) is 0 Å². The number of ether oxygens (including phenoxy) is 3. The number of carbonyl (C=O) groups excluding carboxylic acids is 3. The van der Waals surface area contributed by atoms with Crippen LogP contribution in [0.1, 0.15) is 70.7 Å². The Morgan fingerprint density at radius 2 is 1.77 bits per heavy atom. The van der Waals surface area contributed by atoms with E-state index in [1.807, 2.05) is 38.1 Å². The third kappa shape index (κ3) is 4.84. The lowest BCUT2D eigenvalue weighted by molar-refractivity contribution is -0.166. The molecule has 1 aliphatic heterocycles. The van der Waals surface area contributed by atoms with Crippen molar-refractivity contribution >= 4 is 17.9 Å². The van der Waals surface area contributed by atoms with Gasteiger partial charge in [0.15, 0.2) is 0 Å². The van der Waals surface area contributed by atoms with E-state index in [0.29, 0.717) is 36.8 Å². The van der Waals surface area contributed by atoms with Crippen LogP contribution >= 0.6 is 0 Å². The minimum atomic E-state index is -0.698. The van der Waals surface area contributed by atoms with E-state index in [4.69, 9.17) is 14.2 Å². The molecular formula is C29H34O6. The second kappa shape index (κ2) is 9.84. The third-order valence-electron chi connectivity index (χ3n) is 7.94. The van der Waals surface area contributed by atoms with E-state index in [-0.39, 0.29) is 17.9 Å². The normalized spacial score (nSPS) is 32.3. The third-order valence-corrected chi connectivity index (χ3v) is 7.94. The highest BCUT2D eigenvalue weighted by Gasteiger charge is 2.54. The van der Waals surface area contributed by atoms with E-state index in [1.54, 1.807) is 12.1 Å². The molecular weight excluding hydrogens is 444 g/mol. The summed E-state index contributed by atoms with van der Waals surface area (Å²) in [5.41, 5.74) is 3.55. The van der Waals surface area contributed by atoms with Crippen molar-refractivity contribution in [1.29, 1.82) is 0 Å². The van der Waals surface area contributed by atoms with Gasteiger partial charge in [0, 0.05) is 24.3 Å². The van der Waals surface area contributed by atoms with Crippen molar-refractivity contribution in [1.82, 2.24) is 0 Å². The fourth-order valence-electron chi connectivity index (χ4n) is 5.80. The molecule has 6 nitrogen and oxygen atoms in total. The largest absolute Gasteiger partial charge is 0.461 e. The highest BCUT2D eigenvalue weighted by Crippen LogP contribution is 2.52. The van der Waals surface area contributed by atoms with Crippen LogP contribution in [0.4, 0.5) is 0 Å². The first kappa shape index (κ1) is 25.0. The van der Waals surface area contributed by atoms with Crippen LogP contribution in [0.15, 0.2) is 64.8 Å². The van der Waals surface area contributed by atoms with E-state index in [9.17, 15) is 14.4 Å². The minimum Gasteiger partial charge on any atom is -0.461 e. The number of hydrogen-bond donors (Lipinski definition) is 0. The zero-order valence-corrected chi connectivity index (χ0v) is 21.1. The molecule has 2 aliphatic carbocycles. The van der Waals surface area contributed by atoms with E-state index in [2.05, 4.69) is 19.9 Å². The van der Waals surface area contributed by atoms with Gasteiger partial charge >= 0.3 is 17.9 Å². The van der Waals surface area contributed by atoms with Crippen molar-refractivity contribution in [3.63, 3.8) is 0 Å². The lowest BCUT2D eigenvalue weighted by Crippen LogP contribution is -2.54. The van der Waals surface area contributed by atoms with E-state index < -0.39 is 29.7 Å². The Kier molecular flexibility index (Phi) is 7.02. The minimum absolute atomic E-state index is 0.108. The van der Waals surface area contributed by atoms with Crippen LogP contribution in [0.2, 0.25) is 0 Å². The fraction of sp³-hybridized carbons (Fsp3) is 0.483. The zero-order chi connectivity index (χ0) is 25.3. The number of benzene rings is 1. The van der Waals surface area contributed by atoms with Gasteiger partial charge in [-0.3, -0.25) is 4.79 Å². The zero-order valence-electron chi connectivity index (χ0n) is 21.1. The standard InChI is InChI=1S/C29H34O6/c1-17-11-13-26(35-28(32)21-9-7-6-8-10-21)29(5)23(18(2)12-14-25(29)33-20(4)30)16-22-19(3)27(31)34-24(22)15-17/h6-10,12,15,23-26H,11,13-14,16H2,1-5H3/b17-15-/t23-,24-,25-,26-,29+/m0/s1. The summed E-state index contributed by atoms with van der Waals surface area (Å²) in [5.74, 6) is -1.16. The van der Waals surface area contributed by atoms with Gasteiger partial charge in [-0.05, 0) is 69.7 Å². The first-order valence-corrected chi connectivity index (χ1v) is 12.3. The number of allylic oxidation sites excluding steroid dienone is 2. The molecule has 35 heavy (non-hydrogen) atoms. The molecule has 0 spiro atoms. The molecule has 1 aromatic carbocycles. The van der Waals surface area contributed by atoms with Crippen molar-refractivity contribution in [2.24, 2.45) is 11.3 Å². The molecule has 0 fully saturated rings. The number of fused-ring (bicyclic) bond motifs is 2. The molecule has 0 radical (unpaired) electrons. The number of hydrogen-bond acceptors (Lipinski definition) is 6. The van der Waals surface area contributed by atoms with Crippen LogP contribution < -0.4 is 0 Å². The maximum Gasteiger partial charge on any atom is 0.338 e. The molecule has 1 aromatic rings. The maximum absolute atomic E-state index is 13.2. The molecule has 3 aliphatic rings. The second-order valence-corrected chi connectivity index (χ2v) is 10.2. The average molecular weight is 479 g/mol. The first-order valence-electron chi connectivity index (χ1n) is 12.3. The average Bonchev–Trinajstić information content (AvgIpc) is 3.08. The first-order chi connectivity index (χ1) is 16.6. The van der Waals surface area contributed by atoms with Crippen molar-refractivity contribution in [3.05, 3.63) is 70.3 Å². The lowest BCUT2D eigenvalue weighted by Gasteiger charge is -2.50. The van der Waals surface area contributed by atoms with Gasteiger partial charge in [-0.1, -0.05) is 42.3 Å². The van der Waals surface area contributed by atoms with Crippen LogP contribution in [0.25, 0.3) is 0 Å². The molecule has 0 saturated heterocycles. The predicted molar refractivity (Wildman–Crippen MR) is 131 cm³/mol. The number of carbonyl (C=O) groups is 3. The molecule has 0 amide bonds. The van der Waals surface area contributed by atoms with Gasteiger partial charge < -0.3 is 14.2 Å². The second-order valence-electron chi connectivity index (χ2n) is 10.2. The monoisotopic (exact) mass is 478 g/mol. The molecule has 6 heteroatoms. The summed E-state index contributed by atoms with van der Waals surface area (Å²) < 4.78 is 17.8. The Hall–Kier alpha value is -3.15. The highest BCUT2D eigenvalue weighted by molar-refractivity contribution is 5.92. The molecule has 4 rings (SSSR count). The number of rotatable bonds is 3. The van der Waals surface area contributed by atoms with Crippen LogP contribution in [0, 0.1) is 11.3 Å². The lowest BCUT2D eigenvalue weighted by atomic mass is 9.59. The van der Waals surface area contributed by atoms with Crippen molar-refractivity contribution in [2.45, 2.75) is 78.6 Å². The summed E-state index contributed by atoms with van der Waals surface area (Å²) >= 11 is 0. The molecule has 0 N–H and O–H groups in total. The molecule has 0 bridgehead atoms. The predicted octanol–water partition coefficient (Wildman–Crippen LogP) is 5.49. The molecule has 186 valence electrons. The van der Waals surface area contributed by atoms with Gasteiger partial charge in [-0.2, -0.15) is 0 Å². The quantitative estimate of drug-likeness (QED) is 0.325. The molecule has 0 saturated carbocycles. The van der Waals surface area contributed by atoms with Crippen LogP contribution in [-0.2, 0) is 23.8 Å². The summed E-state index contributed by atoms with van der Waals surface area (Å²) in [7, 11) is 0. The topological polar surface area (TPSA) is 78.9 Å². The SMILES string of the molecule is CC(=O)O[C@H]1CC=C(C)[C@@H]2CC3=C(C)C(=O)O[C@H]3/C=C(/C)CC[C@H](OC(=O)c3ccccc3)[C@@]12C. The van der Waals surface area contributed by atoms with Gasteiger partial charge in [-0.25, -0.2) is 9.59 Å². The Bertz CT molecular complexity index is 1110. The smallest absolute Gasteiger partial charge is 0.338 e. The van der Waals surface area contributed by atoms with Gasteiger partial charge in [-0.15, -0.1) is 0 Å². The van der Waals surface area contributed by atoms with Crippen LogP contribution in [0.5, 0.6) is 0 Å². The van der Waals surface area contributed by atoms with Crippen LogP contribution in [-0.4, -0.2) is 36.2 Å². The summed E-state index contributed by atoms with van der Waals surface area (Å²) in [6.07, 6.45) is 5.07. The Balaban J connectivity index is 1.82. The molecule has 1 heterocycles. The summed E-state index contributed by atoms with van der Waals surface area (Å²) in [6.45, 7) is 9.36. The van der Waals surface area contributed by atoms with Gasteiger partial charge in [0.05, 0.1) is 5.56 Å². The fourth-order valence-corrected chi connectivity index (χ4v) is 5.80. The van der Waals surface area contributed by atoms with Gasteiger partial charge in [0.25, 0.3) is 0 Å². The summed E-state index contributed by atoms with van der Waals surface area (Å²) in [6, 6.07) is 8.95. The molecule has 0 unspecified atom stereocenters. The molecule has 0 aromatic heterocycles. The van der Waals surface area contributed by atoms with Crippen molar-refractivity contribution < 1.29 is 28.6 Å². The van der Waals surface area contributed by atoms with Crippen molar-refractivity contribution in [3.8, 4) is 0 Å². The molecule has 5 atom stereocenters. The Morgan fingerprint density at radius 3 is 2.46 bits per heavy atom. The summed E-state index contributed by atoms with van der Waals surface area (Å²) in [4.78, 5) is 37.8. The highest BCUT2D eigenvalue weighted by atomic mass is 16.6. The van der Waals surface area contributed by atoms with E-state index in [1.165, 1.54) is 6.92 Å². The Morgan fingerprint density at radius 1 is 1.06 bits per heavy atom. The van der Waals surface area contributed by atoms with Gasteiger partial charge in [0.2, 0.25) is 0 Å². The Labute approximate surface area is 207 Å².